The van der Waals surface area contributed by atoms with Gasteiger partial charge in [-0.2, -0.15) is 0 Å². The molecule has 0 spiro atoms. The molecular formula is C15H20F3NO2. The lowest BCUT2D eigenvalue weighted by Gasteiger charge is -2.09. The number of alkyl halides is 3. The molecule has 0 saturated heterocycles. The van der Waals surface area contributed by atoms with Crippen molar-refractivity contribution >= 4 is 6.08 Å². The molecule has 0 aliphatic carbocycles. The summed E-state index contributed by atoms with van der Waals surface area (Å²) < 4.78 is 44.9. The summed E-state index contributed by atoms with van der Waals surface area (Å²) in [6, 6.07) is 5.83. The van der Waals surface area contributed by atoms with Gasteiger partial charge >= 0.3 is 6.36 Å². The summed E-state index contributed by atoms with van der Waals surface area (Å²) in [5.41, 5.74) is 2.01. The molecule has 1 rings (SSSR count). The molecule has 0 saturated carbocycles. The molecule has 0 unspecified atom stereocenters. The van der Waals surface area contributed by atoms with Crippen molar-refractivity contribution < 1.29 is 22.6 Å². The Hall–Kier alpha value is -1.53. The Morgan fingerprint density at radius 3 is 2.43 bits per heavy atom. The summed E-state index contributed by atoms with van der Waals surface area (Å²) >= 11 is 0. The number of rotatable bonds is 8. The maximum absolute atomic E-state index is 12.1. The van der Waals surface area contributed by atoms with E-state index in [9.17, 15) is 13.2 Å². The lowest BCUT2D eigenvalue weighted by atomic mass is 10.1. The van der Waals surface area contributed by atoms with Crippen LogP contribution >= 0.6 is 0 Å². The molecular weight excluding hydrogens is 283 g/mol. The summed E-state index contributed by atoms with van der Waals surface area (Å²) in [7, 11) is 1.64. The second kappa shape index (κ2) is 8.69. The molecule has 1 N–H and O–H groups in total. The number of nitrogens with one attached hydrogen (secondary N) is 1. The van der Waals surface area contributed by atoms with E-state index in [1.807, 2.05) is 13.0 Å². The highest BCUT2D eigenvalue weighted by atomic mass is 19.4. The second-order valence-corrected chi connectivity index (χ2v) is 4.44. The van der Waals surface area contributed by atoms with E-state index in [-0.39, 0.29) is 5.75 Å². The first-order valence-electron chi connectivity index (χ1n) is 6.69. The van der Waals surface area contributed by atoms with Gasteiger partial charge in [-0.05, 0) is 24.1 Å². The zero-order valence-electron chi connectivity index (χ0n) is 12.2. The Morgan fingerprint density at radius 2 is 1.90 bits per heavy atom. The van der Waals surface area contributed by atoms with Gasteiger partial charge in [0.25, 0.3) is 0 Å². The lowest BCUT2D eigenvalue weighted by molar-refractivity contribution is -0.274. The number of halogens is 3. The maximum atomic E-state index is 12.1. The van der Waals surface area contributed by atoms with Crippen LogP contribution < -0.4 is 10.1 Å². The Bertz CT molecular complexity index is 441. The van der Waals surface area contributed by atoms with Gasteiger partial charge < -0.3 is 14.8 Å². The summed E-state index contributed by atoms with van der Waals surface area (Å²) in [5.74, 6) is -0.212. The third-order valence-corrected chi connectivity index (χ3v) is 2.77. The molecule has 0 amide bonds. The molecule has 118 valence electrons. The Labute approximate surface area is 122 Å². The van der Waals surface area contributed by atoms with Crippen molar-refractivity contribution in [3.05, 3.63) is 35.4 Å². The van der Waals surface area contributed by atoms with Crippen LogP contribution in [0, 0.1) is 0 Å². The van der Waals surface area contributed by atoms with Crippen LogP contribution in [0.4, 0.5) is 13.2 Å². The first kappa shape index (κ1) is 17.5. The van der Waals surface area contributed by atoms with Gasteiger partial charge in [-0.3, -0.25) is 0 Å². The van der Waals surface area contributed by atoms with E-state index in [4.69, 9.17) is 4.74 Å². The number of hydrogen-bond acceptors (Lipinski definition) is 3. The van der Waals surface area contributed by atoms with E-state index in [1.54, 1.807) is 19.2 Å². The lowest BCUT2D eigenvalue weighted by Crippen LogP contribution is -2.21. The fraction of sp³-hybridized carbons (Fsp3) is 0.467. The first-order valence-corrected chi connectivity index (χ1v) is 6.69. The summed E-state index contributed by atoms with van der Waals surface area (Å²) in [4.78, 5) is 0. The summed E-state index contributed by atoms with van der Waals surface area (Å²) in [6.07, 6.45) is -1.84. The van der Waals surface area contributed by atoms with E-state index in [1.165, 1.54) is 12.1 Å². The average molecular weight is 303 g/mol. The molecule has 0 aliphatic rings. The minimum Gasteiger partial charge on any atom is -0.406 e. The van der Waals surface area contributed by atoms with Crippen LogP contribution in [-0.4, -0.2) is 33.2 Å². The molecule has 6 heteroatoms. The van der Waals surface area contributed by atoms with Crippen LogP contribution in [0.1, 0.15) is 18.9 Å². The van der Waals surface area contributed by atoms with Crippen molar-refractivity contribution in [2.24, 2.45) is 0 Å². The predicted molar refractivity (Wildman–Crippen MR) is 76.1 cm³/mol. The molecule has 3 nitrogen and oxygen atoms in total. The normalized spacial score (nSPS) is 12.5. The summed E-state index contributed by atoms with van der Waals surface area (Å²) in [6.45, 7) is 4.15. The van der Waals surface area contributed by atoms with Crippen LogP contribution in [0.2, 0.25) is 0 Å². The topological polar surface area (TPSA) is 30.5 Å². The number of benzene rings is 1. The number of methoxy groups -OCH3 is 1. The van der Waals surface area contributed by atoms with Crippen LogP contribution in [0.15, 0.2) is 29.8 Å². The van der Waals surface area contributed by atoms with Crippen molar-refractivity contribution in [1.82, 2.24) is 5.32 Å². The fourth-order valence-corrected chi connectivity index (χ4v) is 1.70. The van der Waals surface area contributed by atoms with E-state index in [2.05, 4.69) is 10.1 Å². The van der Waals surface area contributed by atoms with E-state index in [0.717, 1.165) is 30.6 Å². The van der Waals surface area contributed by atoms with Crippen molar-refractivity contribution in [3.63, 3.8) is 0 Å². The standard InChI is InChI=1S/C15H20F3NO2/c1-3-12(11-19-8-9-20-2)10-13-4-6-14(7-5-13)21-15(16,17)18/h4-7,10,19H,3,8-9,11H2,1-2H3. The fourth-order valence-electron chi connectivity index (χ4n) is 1.70. The molecule has 0 fully saturated rings. The van der Waals surface area contributed by atoms with Crippen LogP contribution in [-0.2, 0) is 4.74 Å². The minimum absolute atomic E-state index is 0.212. The second-order valence-electron chi connectivity index (χ2n) is 4.44. The third kappa shape index (κ3) is 7.72. The molecule has 1 aromatic rings. The highest BCUT2D eigenvalue weighted by Crippen LogP contribution is 2.23. The highest BCUT2D eigenvalue weighted by molar-refractivity contribution is 5.54. The van der Waals surface area contributed by atoms with Crippen molar-refractivity contribution in [2.45, 2.75) is 19.7 Å². The number of ether oxygens (including phenoxy) is 2. The smallest absolute Gasteiger partial charge is 0.406 e. The molecule has 0 radical (unpaired) electrons. The maximum Gasteiger partial charge on any atom is 0.573 e. The van der Waals surface area contributed by atoms with Gasteiger partial charge in [0, 0.05) is 20.2 Å². The van der Waals surface area contributed by atoms with Gasteiger partial charge in [0.1, 0.15) is 5.75 Å². The predicted octanol–water partition coefficient (Wildman–Crippen LogP) is 3.61. The monoisotopic (exact) mass is 303 g/mol. The molecule has 21 heavy (non-hydrogen) atoms. The van der Waals surface area contributed by atoms with Crippen molar-refractivity contribution in [2.75, 3.05) is 26.8 Å². The van der Waals surface area contributed by atoms with E-state index >= 15 is 0 Å². The van der Waals surface area contributed by atoms with Crippen LogP contribution in [0.25, 0.3) is 6.08 Å². The average Bonchev–Trinajstić information content (AvgIpc) is 2.42. The van der Waals surface area contributed by atoms with Crippen molar-refractivity contribution in [3.8, 4) is 5.75 Å². The third-order valence-electron chi connectivity index (χ3n) is 2.77. The van der Waals surface area contributed by atoms with Crippen LogP contribution in [0.5, 0.6) is 5.75 Å². The zero-order valence-corrected chi connectivity index (χ0v) is 12.2. The SMILES string of the molecule is CCC(=Cc1ccc(OC(F)(F)F)cc1)CNCCOC. The van der Waals surface area contributed by atoms with Crippen molar-refractivity contribution in [1.29, 1.82) is 0 Å². The van der Waals surface area contributed by atoms with Gasteiger partial charge in [0.2, 0.25) is 0 Å². The quantitative estimate of drug-likeness (QED) is 0.744. The van der Waals surface area contributed by atoms with E-state index in [0.29, 0.717) is 6.61 Å². The Kier molecular flexibility index (Phi) is 7.25. The number of hydrogen-bond donors (Lipinski definition) is 1. The highest BCUT2D eigenvalue weighted by Gasteiger charge is 2.30. The molecule has 0 aromatic heterocycles. The molecule has 1 aromatic carbocycles. The zero-order chi connectivity index (χ0) is 15.7. The molecule has 0 bridgehead atoms. The Balaban J connectivity index is 2.60. The molecule has 0 heterocycles. The van der Waals surface area contributed by atoms with Gasteiger partial charge in [-0.25, -0.2) is 0 Å². The molecule has 0 aliphatic heterocycles. The van der Waals surface area contributed by atoms with Gasteiger partial charge in [-0.15, -0.1) is 13.2 Å². The van der Waals surface area contributed by atoms with Gasteiger partial charge in [-0.1, -0.05) is 30.7 Å². The minimum atomic E-state index is -4.66. The Morgan fingerprint density at radius 1 is 1.24 bits per heavy atom. The van der Waals surface area contributed by atoms with Crippen LogP contribution in [0.3, 0.4) is 0 Å². The van der Waals surface area contributed by atoms with E-state index < -0.39 is 6.36 Å². The molecule has 0 atom stereocenters. The summed E-state index contributed by atoms with van der Waals surface area (Å²) in [5, 5.41) is 3.23. The van der Waals surface area contributed by atoms with Gasteiger partial charge in [0.05, 0.1) is 6.61 Å². The largest absolute Gasteiger partial charge is 0.573 e. The first-order chi connectivity index (χ1) is 9.94. The van der Waals surface area contributed by atoms with Gasteiger partial charge in [0.15, 0.2) is 0 Å².